The Bertz CT molecular complexity index is 439. The Labute approximate surface area is 133 Å². The molecule has 2 nitrogen and oxygen atoms in total. The largest absolute Gasteiger partial charge is 0.351 e. The van der Waals surface area contributed by atoms with Crippen LogP contribution in [0.5, 0.6) is 0 Å². The van der Waals surface area contributed by atoms with E-state index >= 15 is 0 Å². The van der Waals surface area contributed by atoms with Crippen molar-refractivity contribution in [2.75, 3.05) is 12.4 Å². The van der Waals surface area contributed by atoms with Gasteiger partial charge in [0.1, 0.15) is 0 Å². The average molecular weight is 367 g/mol. The molecule has 0 fully saturated rings. The third-order valence-corrected chi connectivity index (χ3v) is 4.96. The molecule has 0 atom stereocenters. The zero-order chi connectivity index (χ0) is 14.5. The van der Waals surface area contributed by atoms with Gasteiger partial charge in [-0.1, -0.05) is 41.4 Å². The Kier molecular flexibility index (Phi) is 6.64. The summed E-state index contributed by atoms with van der Waals surface area (Å²) in [7, 11) is 0. The maximum absolute atomic E-state index is 12.1. The van der Waals surface area contributed by atoms with E-state index in [1.54, 1.807) is 18.2 Å². The van der Waals surface area contributed by atoms with E-state index < -0.39 is 0 Å². The predicted octanol–water partition coefficient (Wildman–Crippen LogP) is 4.88. The van der Waals surface area contributed by atoms with Gasteiger partial charge < -0.3 is 5.32 Å². The highest BCUT2D eigenvalue weighted by Gasteiger charge is 2.26. The van der Waals surface area contributed by atoms with Crippen molar-refractivity contribution in [1.29, 1.82) is 0 Å². The van der Waals surface area contributed by atoms with Gasteiger partial charge in [-0.2, -0.15) is 0 Å². The second-order valence-electron chi connectivity index (χ2n) is 4.65. The molecular weight excluding hydrogens is 349 g/mol. The Morgan fingerprint density at radius 3 is 2.47 bits per heavy atom. The molecule has 5 heteroatoms. The summed E-state index contributed by atoms with van der Waals surface area (Å²) >= 11 is 15.4. The molecule has 1 N–H and O–H groups in total. The number of amides is 1. The number of carbonyl (C=O) groups excluding carboxylic acids is 1. The van der Waals surface area contributed by atoms with E-state index in [4.69, 9.17) is 23.2 Å². The molecule has 1 rings (SSSR count). The Hall–Kier alpha value is -0.250. The van der Waals surface area contributed by atoms with Gasteiger partial charge in [-0.05, 0) is 31.0 Å². The lowest BCUT2D eigenvalue weighted by Crippen LogP contribution is -2.38. The zero-order valence-corrected chi connectivity index (χ0v) is 14.2. The summed E-state index contributed by atoms with van der Waals surface area (Å²) in [5, 5.41) is 3.37. The number of benzene rings is 1. The molecule has 0 spiro atoms. The molecule has 0 saturated heterocycles. The first-order valence-corrected chi connectivity index (χ1v) is 7.97. The number of hydrogen-bond donors (Lipinski definition) is 1. The first-order chi connectivity index (χ1) is 8.98. The maximum Gasteiger partial charge on any atom is 0.252 e. The van der Waals surface area contributed by atoms with Crippen LogP contribution in [0.1, 0.15) is 37.0 Å². The quantitative estimate of drug-likeness (QED) is 0.714. The van der Waals surface area contributed by atoms with E-state index in [9.17, 15) is 4.79 Å². The van der Waals surface area contributed by atoms with Gasteiger partial charge in [0.15, 0.2) is 0 Å². The molecule has 0 unspecified atom stereocenters. The first kappa shape index (κ1) is 16.8. The van der Waals surface area contributed by atoms with Crippen LogP contribution in [0.25, 0.3) is 0 Å². The van der Waals surface area contributed by atoms with Gasteiger partial charge in [-0.25, -0.2) is 0 Å². The van der Waals surface area contributed by atoms with Crippen LogP contribution < -0.4 is 5.32 Å². The smallest absolute Gasteiger partial charge is 0.252 e. The fourth-order valence-electron chi connectivity index (χ4n) is 1.77. The van der Waals surface area contributed by atoms with Crippen molar-refractivity contribution in [3.8, 4) is 0 Å². The minimum atomic E-state index is -0.158. The summed E-state index contributed by atoms with van der Waals surface area (Å²) in [6, 6.07) is 5.22. The van der Waals surface area contributed by atoms with Crippen molar-refractivity contribution in [2.24, 2.45) is 5.41 Å². The predicted molar refractivity (Wildman–Crippen MR) is 85.2 cm³/mol. The van der Waals surface area contributed by atoms with Gasteiger partial charge in [-0.15, -0.1) is 11.6 Å². The van der Waals surface area contributed by atoms with Crippen LogP contribution in [0.15, 0.2) is 22.7 Å². The lowest BCUT2D eigenvalue weighted by molar-refractivity contribution is 0.0932. The van der Waals surface area contributed by atoms with Crippen LogP contribution in [0.2, 0.25) is 5.02 Å². The molecule has 0 heterocycles. The molecule has 0 aliphatic carbocycles. The second kappa shape index (κ2) is 7.51. The summed E-state index contributed by atoms with van der Waals surface area (Å²) in [5.41, 5.74) is 0.444. The highest BCUT2D eigenvalue weighted by molar-refractivity contribution is 9.10. The average Bonchev–Trinajstić information content (AvgIpc) is 2.40. The lowest BCUT2D eigenvalue weighted by Gasteiger charge is -2.29. The summed E-state index contributed by atoms with van der Waals surface area (Å²) < 4.78 is 0.853. The van der Waals surface area contributed by atoms with E-state index in [-0.39, 0.29) is 11.3 Å². The van der Waals surface area contributed by atoms with Crippen LogP contribution >= 0.6 is 39.1 Å². The summed E-state index contributed by atoms with van der Waals surface area (Å²) in [4.78, 5) is 12.1. The SMILES string of the molecule is CCC(CC)(CCl)CNC(=O)c1ccc(Br)cc1Cl. The summed E-state index contributed by atoms with van der Waals surface area (Å²) in [5.74, 6) is 0.378. The standard InChI is InChI=1S/C14H18BrCl2NO/c1-3-14(4-2,8-16)9-18-13(19)11-6-5-10(15)7-12(11)17/h5-7H,3-4,8-9H2,1-2H3,(H,18,19). The van der Waals surface area contributed by atoms with E-state index in [1.165, 1.54) is 0 Å². The monoisotopic (exact) mass is 365 g/mol. The molecule has 0 bridgehead atoms. The fraction of sp³-hybridized carbons (Fsp3) is 0.500. The minimum Gasteiger partial charge on any atom is -0.351 e. The molecule has 1 amide bonds. The number of rotatable bonds is 6. The zero-order valence-electron chi connectivity index (χ0n) is 11.1. The van der Waals surface area contributed by atoms with Crippen LogP contribution in [0, 0.1) is 5.41 Å². The van der Waals surface area contributed by atoms with Gasteiger partial charge in [0.2, 0.25) is 0 Å². The summed E-state index contributed by atoms with van der Waals surface area (Å²) in [6.45, 7) is 4.74. The highest BCUT2D eigenvalue weighted by atomic mass is 79.9. The molecule has 1 aromatic carbocycles. The van der Waals surface area contributed by atoms with E-state index in [0.717, 1.165) is 17.3 Å². The number of alkyl halides is 1. The van der Waals surface area contributed by atoms with Gasteiger partial charge in [-0.3, -0.25) is 4.79 Å². The topological polar surface area (TPSA) is 29.1 Å². The highest BCUT2D eigenvalue weighted by Crippen LogP contribution is 2.27. The van der Waals surface area contributed by atoms with Crippen molar-refractivity contribution < 1.29 is 4.79 Å². The Morgan fingerprint density at radius 2 is 2.00 bits per heavy atom. The molecule has 0 radical (unpaired) electrons. The normalized spacial score (nSPS) is 11.4. The number of nitrogens with one attached hydrogen (secondary N) is 1. The molecule has 1 aromatic rings. The van der Waals surface area contributed by atoms with Gasteiger partial charge in [0, 0.05) is 22.3 Å². The van der Waals surface area contributed by atoms with Crippen LogP contribution in [0.4, 0.5) is 0 Å². The molecule has 0 aliphatic heterocycles. The molecule has 0 aromatic heterocycles. The van der Waals surface area contributed by atoms with Crippen molar-refractivity contribution in [2.45, 2.75) is 26.7 Å². The van der Waals surface area contributed by atoms with Crippen molar-refractivity contribution >= 4 is 45.0 Å². The molecule has 19 heavy (non-hydrogen) atoms. The molecule has 0 saturated carbocycles. The van der Waals surface area contributed by atoms with Crippen LogP contribution in [0.3, 0.4) is 0 Å². The van der Waals surface area contributed by atoms with Crippen molar-refractivity contribution in [3.05, 3.63) is 33.3 Å². The fourth-order valence-corrected chi connectivity index (χ4v) is 3.00. The van der Waals surface area contributed by atoms with Gasteiger partial charge >= 0.3 is 0 Å². The van der Waals surface area contributed by atoms with Gasteiger partial charge in [0.05, 0.1) is 10.6 Å². The third kappa shape index (κ3) is 4.37. The maximum atomic E-state index is 12.1. The van der Waals surface area contributed by atoms with Crippen molar-refractivity contribution in [3.63, 3.8) is 0 Å². The molecular formula is C14H18BrCl2NO. The number of hydrogen-bond acceptors (Lipinski definition) is 1. The minimum absolute atomic E-state index is 0.0426. The van der Waals surface area contributed by atoms with Crippen LogP contribution in [-0.2, 0) is 0 Å². The van der Waals surface area contributed by atoms with E-state index in [1.807, 2.05) is 0 Å². The Morgan fingerprint density at radius 1 is 1.37 bits per heavy atom. The summed E-state index contributed by atoms with van der Waals surface area (Å²) in [6.07, 6.45) is 1.86. The second-order valence-corrected chi connectivity index (χ2v) is 6.24. The van der Waals surface area contributed by atoms with E-state index in [2.05, 4.69) is 35.1 Å². The molecule has 0 aliphatic rings. The lowest BCUT2D eigenvalue weighted by atomic mass is 9.84. The Balaban J connectivity index is 2.75. The van der Waals surface area contributed by atoms with Crippen LogP contribution in [-0.4, -0.2) is 18.3 Å². The first-order valence-electron chi connectivity index (χ1n) is 6.27. The number of carbonyl (C=O) groups is 1. The number of halogens is 3. The van der Waals surface area contributed by atoms with Crippen molar-refractivity contribution in [1.82, 2.24) is 5.32 Å². The van der Waals surface area contributed by atoms with E-state index in [0.29, 0.717) is 23.0 Å². The third-order valence-electron chi connectivity index (χ3n) is 3.58. The molecule has 106 valence electrons. The van der Waals surface area contributed by atoms with Gasteiger partial charge in [0.25, 0.3) is 5.91 Å².